The Balaban J connectivity index is 1.93. The minimum atomic E-state index is 0.884. The van der Waals surface area contributed by atoms with E-state index in [1.165, 1.54) is 11.1 Å². The van der Waals surface area contributed by atoms with Gasteiger partial charge in [-0.25, -0.2) is 0 Å². The van der Waals surface area contributed by atoms with Gasteiger partial charge in [0.15, 0.2) is 0 Å². The molecule has 1 saturated heterocycles. The van der Waals surface area contributed by atoms with Crippen molar-refractivity contribution in [2.24, 2.45) is 0 Å². The summed E-state index contributed by atoms with van der Waals surface area (Å²) in [5.41, 5.74) is 3.78. The van der Waals surface area contributed by atoms with Gasteiger partial charge < -0.3 is 5.32 Å². The molecule has 1 heterocycles. The zero-order chi connectivity index (χ0) is 12.1. The van der Waals surface area contributed by atoms with Gasteiger partial charge in [0.25, 0.3) is 0 Å². The Morgan fingerprint density at radius 3 is 2.65 bits per heavy atom. The molecule has 1 aliphatic rings. The fourth-order valence-corrected chi connectivity index (χ4v) is 1.94. The maximum absolute atomic E-state index is 3.35. The summed E-state index contributed by atoms with van der Waals surface area (Å²) in [5.74, 6) is 6.51. The van der Waals surface area contributed by atoms with Gasteiger partial charge >= 0.3 is 0 Å². The van der Waals surface area contributed by atoms with E-state index in [1.807, 2.05) is 0 Å². The van der Waals surface area contributed by atoms with Crippen LogP contribution in [-0.4, -0.2) is 37.6 Å². The van der Waals surface area contributed by atoms with Crippen molar-refractivity contribution in [3.63, 3.8) is 0 Å². The van der Waals surface area contributed by atoms with E-state index in [1.54, 1.807) is 0 Å². The van der Waals surface area contributed by atoms with Gasteiger partial charge in [0.1, 0.15) is 0 Å². The number of nitrogens with one attached hydrogen (secondary N) is 1. The van der Waals surface area contributed by atoms with Gasteiger partial charge in [0, 0.05) is 31.7 Å². The Labute approximate surface area is 104 Å². The normalized spacial score (nSPS) is 16.4. The fourth-order valence-electron chi connectivity index (χ4n) is 1.94. The Hall–Kier alpha value is -1.30. The summed E-state index contributed by atoms with van der Waals surface area (Å²) in [4.78, 5) is 2.39. The van der Waals surface area contributed by atoms with Crippen LogP contribution in [0, 0.1) is 25.7 Å². The molecule has 1 fully saturated rings. The van der Waals surface area contributed by atoms with Crippen LogP contribution in [-0.2, 0) is 0 Å². The zero-order valence-corrected chi connectivity index (χ0v) is 10.7. The number of rotatable bonds is 1. The number of hydrogen-bond donors (Lipinski definition) is 1. The minimum absolute atomic E-state index is 0.884. The summed E-state index contributed by atoms with van der Waals surface area (Å²) >= 11 is 0. The molecule has 2 heteroatoms. The predicted molar refractivity (Wildman–Crippen MR) is 72.1 cm³/mol. The van der Waals surface area contributed by atoms with Crippen molar-refractivity contribution in [2.45, 2.75) is 13.8 Å². The van der Waals surface area contributed by atoms with Crippen LogP contribution >= 0.6 is 0 Å². The number of nitrogens with zero attached hydrogens (tertiary/aromatic N) is 1. The molecule has 1 N–H and O–H groups in total. The lowest BCUT2D eigenvalue weighted by atomic mass is 10.1. The monoisotopic (exact) mass is 228 g/mol. The highest BCUT2D eigenvalue weighted by Crippen LogP contribution is 2.08. The van der Waals surface area contributed by atoms with E-state index in [0.29, 0.717) is 0 Å². The van der Waals surface area contributed by atoms with Gasteiger partial charge in [-0.3, -0.25) is 4.90 Å². The van der Waals surface area contributed by atoms with E-state index in [0.717, 1.165) is 38.3 Å². The Kier molecular flexibility index (Phi) is 4.19. The lowest BCUT2D eigenvalue weighted by molar-refractivity contribution is 0.268. The van der Waals surface area contributed by atoms with Crippen LogP contribution in [0.2, 0.25) is 0 Å². The molecule has 0 spiro atoms. The van der Waals surface area contributed by atoms with E-state index >= 15 is 0 Å². The van der Waals surface area contributed by atoms with Crippen molar-refractivity contribution in [3.05, 3.63) is 34.9 Å². The van der Waals surface area contributed by atoms with E-state index in [2.05, 4.69) is 54.1 Å². The molecule has 0 unspecified atom stereocenters. The number of aryl methyl sites for hydroxylation is 2. The lowest BCUT2D eigenvalue weighted by Crippen LogP contribution is -2.43. The molecule has 0 saturated carbocycles. The molecular formula is C15H20N2. The first-order valence-corrected chi connectivity index (χ1v) is 6.25. The molecule has 1 aliphatic heterocycles. The maximum atomic E-state index is 3.35. The fraction of sp³-hybridized carbons (Fsp3) is 0.467. The third-order valence-corrected chi connectivity index (χ3v) is 3.25. The molecule has 0 atom stereocenters. The average Bonchev–Trinajstić information content (AvgIpc) is 2.35. The topological polar surface area (TPSA) is 15.3 Å². The Morgan fingerprint density at radius 2 is 1.94 bits per heavy atom. The molecule has 1 aromatic rings. The molecule has 17 heavy (non-hydrogen) atoms. The van der Waals surface area contributed by atoms with Crippen molar-refractivity contribution >= 4 is 0 Å². The van der Waals surface area contributed by atoms with Gasteiger partial charge in [-0.15, -0.1) is 0 Å². The number of benzene rings is 1. The minimum Gasteiger partial charge on any atom is -0.314 e. The van der Waals surface area contributed by atoms with Crippen LogP contribution < -0.4 is 5.32 Å². The van der Waals surface area contributed by atoms with Gasteiger partial charge in [-0.2, -0.15) is 0 Å². The molecule has 90 valence electrons. The molecule has 2 rings (SSSR count). The standard InChI is InChI=1S/C15H20N2/c1-13-5-6-15(12-14(13)2)4-3-9-17-10-7-16-8-11-17/h5-6,12,16H,7-11H2,1-2H3. The van der Waals surface area contributed by atoms with E-state index in [9.17, 15) is 0 Å². The van der Waals surface area contributed by atoms with Gasteiger partial charge in [-0.1, -0.05) is 17.9 Å². The SMILES string of the molecule is Cc1ccc(C#CCN2CCNCC2)cc1C. The second-order valence-electron chi connectivity index (χ2n) is 4.63. The van der Waals surface area contributed by atoms with Crippen LogP contribution in [0.15, 0.2) is 18.2 Å². The summed E-state index contributed by atoms with van der Waals surface area (Å²) in [6, 6.07) is 6.41. The van der Waals surface area contributed by atoms with Crippen molar-refractivity contribution in [1.29, 1.82) is 0 Å². The predicted octanol–water partition coefficient (Wildman–Crippen LogP) is 1.56. The van der Waals surface area contributed by atoms with Crippen molar-refractivity contribution in [1.82, 2.24) is 10.2 Å². The highest BCUT2D eigenvalue weighted by Gasteiger charge is 2.06. The second kappa shape index (κ2) is 5.86. The second-order valence-corrected chi connectivity index (χ2v) is 4.63. The van der Waals surface area contributed by atoms with Gasteiger partial charge in [0.2, 0.25) is 0 Å². The van der Waals surface area contributed by atoms with Gasteiger partial charge in [0.05, 0.1) is 6.54 Å². The molecule has 0 aromatic heterocycles. The molecule has 0 bridgehead atoms. The van der Waals surface area contributed by atoms with E-state index in [-0.39, 0.29) is 0 Å². The molecule has 1 aromatic carbocycles. The third-order valence-electron chi connectivity index (χ3n) is 3.25. The smallest absolute Gasteiger partial charge is 0.0606 e. The van der Waals surface area contributed by atoms with Crippen molar-refractivity contribution in [2.75, 3.05) is 32.7 Å². The molecule has 0 radical (unpaired) electrons. The zero-order valence-electron chi connectivity index (χ0n) is 10.7. The van der Waals surface area contributed by atoms with Crippen LogP contribution in [0.4, 0.5) is 0 Å². The van der Waals surface area contributed by atoms with Crippen molar-refractivity contribution < 1.29 is 0 Å². The van der Waals surface area contributed by atoms with E-state index in [4.69, 9.17) is 0 Å². The molecular weight excluding hydrogens is 208 g/mol. The van der Waals surface area contributed by atoms with Crippen LogP contribution in [0.5, 0.6) is 0 Å². The molecule has 0 amide bonds. The van der Waals surface area contributed by atoms with Crippen molar-refractivity contribution in [3.8, 4) is 11.8 Å². The van der Waals surface area contributed by atoms with Gasteiger partial charge in [-0.05, 0) is 37.1 Å². The summed E-state index contributed by atoms with van der Waals surface area (Å²) in [6.45, 7) is 9.55. The first-order valence-electron chi connectivity index (χ1n) is 6.25. The summed E-state index contributed by atoms with van der Waals surface area (Å²) < 4.78 is 0. The largest absolute Gasteiger partial charge is 0.314 e. The van der Waals surface area contributed by atoms with Crippen LogP contribution in [0.25, 0.3) is 0 Å². The van der Waals surface area contributed by atoms with E-state index < -0.39 is 0 Å². The first-order chi connectivity index (χ1) is 8.25. The molecule has 0 aliphatic carbocycles. The van der Waals surface area contributed by atoms with Crippen LogP contribution in [0.3, 0.4) is 0 Å². The highest BCUT2D eigenvalue weighted by atomic mass is 15.2. The summed E-state index contributed by atoms with van der Waals surface area (Å²) in [7, 11) is 0. The number of piperazine rings is 1. The average molecular weight is 228 g/mol. The number of hydrogen-bond acceptors (Lipinski definition) is 2. The lowest BCUT2D eigenvalue weighted by Gasteiger charge is -2.24. The highest BCUT2D eigenvalue weighted by molar-refractivity contribution is 5.40. The summed E-state index contributed by atoms with van der Waals surface area (Å²) in [6.07, 6.45) is 0. The maximum Gasteiger partial charge on any atom is 0.0606 e. The Morgan fingerprint density at radius 1 is 1.18 bits per heavy atom. The third kappa shape index (κ3) is 3.59. The summed E-state index contributed by atoms with van der Waals surface area (Å²) in [5, 5.41) is 3.35. The first kappa shape index (κ1) is 12.2. The van der Waals surface area contributed by atoms with Crippen LogP contribution in [0.1, 0.15) is 16.7 Å². The molecule has 2 nitrogen and oxygen atoms in total. The Bertz CT molecular complexity index is 434. The quantitative estimate of drug-likeness (QED) is 0.734.